The number of rotatable bonds is 2. The Balaban J connectivity index is 1.93. The number of nitrogens with one attached hydrogen (secondary N) is 1. The predicted octanol–water partition coefficient (Wildman–Crippen LogP) is 1.74. The largest absolute Gasteiger partial charge is 0.271 e. The highest BCUT2D eigenvalue weighted by Crippen LogP contribution is 2.67. The molecule has 0 saturated heterocycles. The topological polar surface area (TPSA) is 38.0 Å². The summed E-state index contributed by atoms with van der Waals surface area (Å²) < 4.78 is 38.9. The second-order valence-corrected chi connectivity index (χ2v) is 4.99. The van der Waals surface area contributed by atoms with Gasteiger partial charge in [-0.05, 0) is 37.0 Å². The van der Waals surface area contributed by atoms with E-state index in [0.717, 1.165) is 31.4 Å². The smallest absolute Gasteiger partial charge is 0.194 e. The van der Waals surface area contributed by atoms with Crippen molar-refractivity contribution in [1.82, 2.24) is 5.43 Å². The molecule has 0 heterocycles. The van der Waals surface area contributed by atoms with Gasteiger partial charge in [0.25, 0.3) is 0 Å². The summed E-state index contributed by atoms with van der Waals surface area (Å²) in [5.41, 5.74) is 3.01. The molecule has 5 heteroatoms. The molecule has 0 amide bonds. The van der Waals surface area contributed by atoms with Gasteiger partial charge in [-0.15, -0.1) is 0 Å². The van der Waals surface area contributed by atoms with Crippen LogP contribution in [0.5, 0.6) is 0 Å². The van der Waals surface area contributed by atoms with Crippen LogP contribution < -0.4 is 11.3 Å². The van der Waals surface area contributed by atoms with Crippen molar-refractivity contribution in [3.63, 3.8) is 0 Å². The molecule has 0 radical (unpaired) electrons. The first-order valence-corrected chi connectivity index (χ1v) is 5.13. The zero-order chi connectivity index (χ0) is 11.6. The van der Waals surface area contributed by atoms with E-state index in [1.165, 1.54) is 0 Å². The van der Waals surface area contributed by atoms with Gasteiger partial charge < -0.3 is 0 Å². The fourth-order valence-corrected chi connectivity index (χ4v) is 3.11. The predicted molar refractivity (Wildman–Crippen MR) is 51.9 cm³/mol. The van der Waals surface area contributed by atoms with Gasteiger partial charge in [-0.2, -0.15) is 0 Å². The number of hydrogen-bond acceptors (Lipinski definition) is 2. The third-order valence-corrected chi connectivity index (χ3v) is 3.93. The van der Waals surface area contributed by atoms with E-state index in [2.05, 4.69) is 5.43 Å². The quantitative estimate of drug-likeness (QED) is 0.459. The third kappa shape index (κ3) is 1.05. The van der Waals surface area contributed by atoms with Crippen LogP contribution in [0.2, 0.25) is 0 Å². The summed E-state index contributed by atoms with van der Waals surface area (Å²) >= 11 is 0. The van der Waals surface area contributed by atoms with Crippen LogP contribution in [0.25, 0.3) is 0 Å². The van der Waals surface area contributed by atoms with Crippen LogP contribution in [0.4, 0.5) is 13.2 Å². The molecule has 2 nitrogen and oxygen atoms in total. The van der Waals surface area contributed by atoms with E-state index in [-0.39, 0.29) is 11.0 Å². The average molecular weight is 228 g/mol. The summed E-state index contributed by atoms with van der Waals surface area (Å²) in [7, 11) is 0. The fourth-order valence-electron chi connectivity index (χ4n) is 3.11. The van der Waals surface area contributed by atoms with E-state index in [4.69, 9.17) is 5.84 Å². The van der Waals surface area contributed by atoms with Gasteiger partial charge in [0.15, 0.2) is 17.5 Å². The summed E-state index contributed by atoms with van der Waals surface area (Å²) in [6, 6.07) is 2.19. The number of hydrogen-bond donors (Lipinski definition) is 2. The summed E-state index contributed by atoms with van der Waals surface area (Å²) in [6.07, 6.45) is 2.29. The van der Waals surface area contributed by atoms with E-state index in [9.17, 15) is 13.2 Å². The molecule has 86 valence electrons. The highest BCUT2D eigenvalue weighted by molar-refractivity contribution is 5.42. The lowest BCUT2D eigenvalue weighted by Gasteiger charge is -2.70. The van der Waals surface area contributed by atoms with Crippen molar-refractivity contribution in [3.8, 4) is 0 Å². The van der Waals surface area contributed by atoms with Crippen LogP contribution in [0, 0.1) is 17.5 Å². The van der Waals surface area contributed by atoms with Crippen LogP contribution in [0.3, 0.4) is 0 Å². The van der Waals surface area contributed by atoms with Gasteiger partial charge in [0.05, 0.1) is 0 Å². The number of halogens is 3. The maximum Gasteiger partial charge on any atom is 0.194 e. The van der Waals surface area contributed by atoms with E-state index < -0.39 is 17.5 Å². The lowest BCUT2D eigenvalue weighted by Crippen LogP contribution is -2.77. The van der Waals surface area contributed by atoms with Gasteiger partial charge in [-0.1, -0.05) is 0 Å². The highest BCUT2D eigenvalue weighted by Gasteiger charge is 2.68. The molecule has 3 aliphatic carbocycles. The molecular weight excluding hydrogens is 217 g/mol. The lowest BCUT2D eigenvalue weighted by atomic mass is 9.37. The molecule has 0 atom stereocenters. The third-order valence-electron chi connectivity index (χ3n) is 3.93. The Morgan fingerprint density at radius 2 is 1.56 bits per heavy atom. The molecule has 1 aromatic carbocycles. The summed E-state index contributed by atoms with van der Waals surface area (Å²) in [5, 5.41) is 0. The minimum absolute atomic E-state index is 0.0542. The second-order valence-electron chi connectivity index (χ2n) is 4.99. The summed E-state index contributed by atoms with van der Waals surface area (Å²) in [5.74, 6) is 1.74. The Hall–Kier alpha value is -1.07. The molecule has 4 rings (SSSR count). The van der Waals surface area contributed by atoms with Crippen LogP contribution in [-0.4, -0.2) is 5.54 Å². The van der Waals surface area contributed by atoms with Gasteiger partial charge in [-0.25, -0.2) is 13.2 Å². The average Bonchev–Trinajstić information content (AvgIpc) is 2.10. The lowest BCUT2D eigenvalue weighted by molar-refractivity contribution is -0.0886. The molecule has 3 aliphatic rings. The first-order chi connectivity index (χ1) is 7.50. The molecular formula is C11H11F3N2. The van der Waals surface area contributed by atoms with Gasteiger partial charge in [0.2, 0.25) is 0 Å². The first kappa shape index (κ1) is 10.1. The molecule has 3 N–H and O–H groups in total. The van der Waals surface area contributed by atoms with Gasteiger partial charge >= 0.3 is 0 Å². The molecule has 0 aromatic heterocycles. The maximum absolute atomic E-state index is 13.1. The second kappa shape index (κ2) is 2.78. The maximum atomic E-state index is 13.1. The summed E-state index contributed by atoms with van der Waals surface area (Å²) in [6.45, 7) is 0. The Bertz CT molecular complexity index is 430. The van der Waals surface area contributed by atoms with E-state index in [1.807, 2.05) is 0 Å². The monoisotopic (exact) mass is 228 g/mol. The SMILES string of the molecule is NNC12CC(c3cc(F)c(F)c(F)c3)(C1)C2. The Labute approximate surface area is 90.6 Å². The molecule has 0 unspecified atom stereocenters. The van der Waals surface area contributed by atoms with E-state index in [0.29, 0.717) is 5.56 Å². The van der Waals surface area contributed by atoms with Gasteiger partial charge in [0, 0.05) is 11.0 Å². The van der Waals surface area contributed by atoms with Crippen molar-refractivity contribution >= 4 is 0 Å². The molecule has 3 fully saturated rings. The fraction of sp³-hybridized carbons (Fsp3) is 0.455. The van der Waals surface area contributed by atoms with Crippen LogP contribution >= 0.6 is 0 Å². The van der Waals surface area contributed by atoms with Crippen molar-refractivity contribution in [3.05, 3.63) is 35.1 Å². The number of nitrogens with two attached hydrogens (primary N) is 1. The van der Waals surface area contributed by atoms with Gasteiger partial charge in [-0.3, -0.25) is 11.3 Å². The standard InChI is InChI=1S/C11H11F3N2/c12-7-1-6(2-8(13)9(7)14)10-3-11(4-10,5-10)16-15/h1-2,16H,3-5,15H2. The molecule has 1 aromatic rings. The molecule has 2 bridgehead atoms. The highest BCUT2D eigenvalue weighted by atomic mass is 19.2. The van der Waals surface area contributed by atoms with Crippen LogP contribution in [-0.2, 0) is 5.41 Å². The number of hydrazine groups is 1. The van der Waals surface area contributed by atoms with E-state index in [1.54, 1.807) is 0 Å². The zero-order valence-corrected chi connectivity index (χ0v) is 8.49. The van der Waals surface area contributed by atoms with E-state index >= 15 is 0 Å². The molecule has 0 spiro atoms. The normalized spacial score (nSPS) is 35.5. The van der Waals surface area contributed by atoms with Crippen LogP contribution in [0.15, 0.2) is 12.1 Å². The zero-order valence-electron chi connectivity index (χ0n) is 8.49. The Morgan fingerprint density at radius 3 is 2.00 bits per heavy atom. The number of benzene rings is 1. The minimum atomic E-state index is -1.40. The van der Waals surface area contributed by atoms with Crippen molar-refractivity contribution in [2.24, 2.45) is 5.84 Å². The molecule has 16 heavy (non-hydrogen) atoms. The molecule has 3 saturated carbocycles. The van der Waals surface area contributed by atoms with Gasteiger partial charge in [0.1, 0.15) is 0 Å². The Morgan fingerprint density at radius 1 is 1.06 bits per heavy atom. The van der Waals surface area contributed by atoms with Crippen molar-refractivity contribution in [2.45, 2.75) is 30.2 Å². The van der Waals surface area contributed by atoms with Crippen molar-refractivity contribution in [2.75, 3.05) is 0 Å². The van der Waals surface area contributed by atoms with Crippen LogP contribution in [0.1, 0.15) is 24.8 Å². The Kier molecular flexibility index (Phi) is 1.76. The first-order valence-electron chi connectivity index (χ1n) is 5.13. The minimum Gasteiger partial charge on any atom is -0.271 e. The van der Waals surface area contributed by atoms with Crippen molar-refractivity contribution < 1.29 is 13.2 Å². The van der Waals surface area contributed by atoms with Crippen molar-refractivity contribution in [1.29, 1.82) is 0 Å². The summed E-state index contributed by atoms with van der Waals surface area (Å²) in [4.78, 5) is 0. The molecule has 0 aliphatic heterocycles.